The lowest BCUT2D eigenvalue weighted by Crippen LogP contribution is -2.29. The number of hydrogen-bond donors (Lipinski definition) is 1. The van der Waals surface area contributed by atoms with Crippen molar-refractivity contribution in [1.82, 2.24) is 15.5 Å². The molecule has 134 valence electrons. The first-order valence-corrected chi connectivity index (χ1v) is 8.88. The first kappa shape index (κ1) is 18.1. The van der Waals surface area contributed by atoms with E-state index < -0.39 is 0 Å². The average molecular weight is 370 g/mol. The Morgan fingerprint density at radius 2 is 1.92 bits per heavy atom. The molecule has 0 aliphatic carbocycles. The molecular formula is C20H20ClN3O2. The van der Waals surface area contributed by atoms with Crippen LogP contribution in [0.2, 0.25) is 5.02 Å². The number of rotatable bonds is 7. The third-order valence-corrected chi connectivity index (χ3v) is 4.22. The fraction of sp³-hybridized carbons (Fsp3) is 0.250. The third kappa shape index (κ3) is 4.92. The highest BCUT2D eigenvalue weighted by atomic mass is 35.5. The maximum atomic E-state index is 12.5. The van der Waals surface area contributed by atoms with E-state index >= 15 is 0 Å². The summed E-state index contributed by atoms with van der Waals surface area (Å²) in [6, 6.07) is 17.2. The van der Waals surface area contributed by atoms with Gasteiger partial charge in [-0.25, -0.2) is 0 Å². The number of nitrogens with zero attached hydrogens (tertiary/aromatic N) is 2. The second-order valence-electron chi connectivity index (χ2n) is 6.06. The molecule has 3 aromatic rings. The molecule has 26 heavy (non-hydrogen) atoms. The van der Waals surface area contributed by atoms with E-state index in [9.17, 15) is 4.79 Å². The Bertz CT molecular complexity index is 864. The van der Waals surface area contributed by atoms with E-state index in [2.05, 4.69) is 15.5 Å². The summed E-state index contributed by atoms with van der Waals surface area (Å²) >= 11 is 6.13. The van der Waals surface area contributed by atoms with Gasteiger partial charge in [-0.2, -0.15) is 4.98 Å². The summed E-state index contributed by atoms with van der Waals surface area (Å²) in [7, 11) is 0. The molecular weight excluding hydrogens is 350 g/mol. The zero-order valence-corrected chi connectivity index (χ0v) is 15.2. The summed E-state index contributed by atoms with van der Waals surface area (Å²) in [5.41, 5.74) is 1.96. The average Bonchev–Trinajstić information content (AvgIpc) is 3.05. The van der Waals surface area contributed by atoms with Crippen LogP contribution in [0, 0.1) is 6.92 Å². The van der Waals surface area contributed by atoms with Crippen molar-refractivity contribution in [3.8, 4) is 0 Å². The maximum Gasteiger partial charge on any atom is 0.226 e. The predicted octanol–water partition coefficient (Wildman–Crippen LogP) is 4.26. The van der Waals surface area contributed by atoms with Gasteiger partial charge in [-0.1, -0.05) is 59.2 Å². The number of nitrogens with one attached hydrogen (secondary N) is 1. The highest BCUT2D eigenvalue weighted by Gasteiger charge is 2.17. The first-order chi connectivity index (χ1) is 12.6. The Kier molecular flexibility index (Phi) is 6.02. The Morgan fingerprint density at radius 1 is 1.15 bits per heavy atom. The Balaban J connectivity index is 1.66. The minimum absolute atomic E-state index is 0.0323. The molecule has 1 unspecified atom stereocenters. The normalized spacial score (nSPS) is 11.9. The summed E-state index contributed by atoms with van der Waals surface area (Å²) in [5, 5.41) is 7.50. The molecule has 1 heterocycles. The quantitative estimate of drug-likeness (QED) is 0.675. The van der Waals surface area contributed by atoms with Crippen molar-refractivity contribution in [3.05, 3.63) is 82.5 Å². The fourth-order valence-electron chi connectivity index (χ4n) is 2.77. The van der Waals surface area contributed by atoms with Crippen molar-refractivity contribution in [2.75, 3.05) is 0 Å². The van der Waals surface area contributed by atoms with E-state index in [-0.39, 0.29) is 11.9 Å². The van der Waals surface area contributed by atoms with Gasteiger partial charge in [0.05, 0.1) is 6.04 Å². The number of carbonyl (C=O) groups is 1. The molecule has 0 aliphatic rings. The fourth-order valence-corrected chi connectivity index (χ4v) is 2.96. The van der Waals surface area contributed by atoms with Crippen LogP contribution in [-0.4, -0.2) is 16.0 Å². The van der Waals surface area contributed by atoms with Crippen LogP contribution in [-0.2, 0) is 11.2 Å². The summed E-state index contributed by atoms with van der Waals surface area (Å²) in [6.45, 7) is 1.77. The first-order valence-electron chi connectivity index (χ1n) is 8.51. The van der Waals surface area contributed by atoms with E-state index in [1.54, 1.807) is 6.92 Å². The molecule has 1 aromatic heterocycles. The number of carbonyl (C=O) groups excluding carboxylic acids is 1. The van der Waals surface area contributed by atoms with E-state index in [4.69, 9.17) is 16.1 Å². The lowest BCUT2D eigenvalue weighted by Gasteiger charge is -2.20. The number of hydrogen-bond acceptors (Lipinski definition) is 4. The van der Waals surface area contributed by atoms with Gasteiger partial charge < -0.3 is 9.84 Å². The van der Waals surface area contributed by atoms with Gasteiger partial charge in [0.1, 0.15) is 0 Å². The number of aromatic nitrogens is 2. The molecule has 1 N–H and O–H groups in total. The molecule has 6 heteroatoms. The molecule has 0 bridgehead atoms. The topological polar surface area (TPSA) is 68.0 Å². The van der Waals surface area contributed by atoms with Crippen molar-refractivity contribution in [1.29, 1.82) is 0 Å². The van der Waals surface area contributed by atoms with Gasteiger partial charge in [-0.05, 0) is 36.6 Å². The molecule has 0 spiro atoms. The van der Waals surface area contributed by atoms with Gasteiger partial charge in [0.15, 0.2) is 5.82 Å². The van der Waals surface area contributed by atoms with Crippen LogP contribution in [0.1, 0.15) is 41.7 Å². The SMILES string of the molecule is Cc1noc(CCCC(=O)NC(c2ccccc2)c2cccc(Cl)c2)n1. The Labute approximate surface area is 157 Å². The predicted molar refractivity (Wildman–Crippen MR) is 99.9 cm³/mol. The highest BCUT2D eigenvalue weighted by Crippen LogP contribution is 2.24. The Hall–Kier alpha value is -2.66. The molecule has 1 amide bonds. The second-order valence-corrected chi connectivity index (χ2v) is 6.49. The smallest absolute Gasteiger partial charge is 0.226 e. The van der Waals surface area contributed by atoms with Crippen molar-refractivity contribution in [3.63, 3.8) is 0 Å². The molecule has 1 atom stereocenters. The van der Waals surface area contributed by atoms with Crippen molar-refractivity contribution in [2.24, 2.45) is 0 Å². The van der Waals surface area contributed by atoms with Crippen molar-refractivity contribution in [2.45, 2.75) is 32.2 Å². The van der Waals surface area contributed by atoms with Gasteiger partial charge in [0, 0.05) is 17.9 Å². The van der Waals surface area contributed by atoms with Crippen molar-refractivity contribution < 1.29 is 9.32 Å². The molecule has 0 fully saturated rings. The summed E-state index contributed by atoms with van der Waals surface area (Å²) in [5.74, 6) is 1.13. The minimum atomic E-state index is -0.243. The summed E-state index contributed by atoms with van der Waals surface area (Å²) < 4.78 is 5.07. The zero-order chi connectivity index (χ0) is 18.4. The Morgan fingerprint density at radius 3 is 2.62 bits per heavy atom. The summed E-state index contributed by atoms with van der Waals surface area (Å²) in [6.07, 6.45) is 1.61. The molecule has 5 nitrogen and oxygen atoms in total. The van der Waals surface area contributed by atoms with Crippen LogP contribution in [0.3, 0.4) is 0 Å². The number of aryl methyl sites for hydroxylation is 2. The number of halogens is 1. The lowest BCUT2D eigenvalue weighted by atomic mass is 9.98. The molecule has 0 aliphatic heterocycles. The zero-order valence-electron chi connectivity index (χ0n) is 14.5. The molecule has 2 aromatic carbocycles. The lowest BCUT2D eigenvalue weighted by molar-refractivity contribution is -0.121. The van der Waals surface area contributed by atoms with Crippen LogP contribution >= 0.6 is 11.6 Å². The standard InChI is InChI=1S/C20H20ClN3O2/c1-14-22-19(26-24-14)12-6-11-18(25)23-20(15-7-3-2-4-8-15)16-9-5-10-17(21)13-16/h2-5,7-10,13,20H,6,11-12H2,1H3,(H,23,25). The van der Waals surface area contributed by atoms with Crippen molar-refractivity contribution >= 4 is 17.5 Å². The van der Waals surface area contributed by atoms with Crippen LogP contribution in [0.5, 0.6) is 0 Å². The van der Waals surface area contributed by atoms with Gasteiger partial charge in [0.25, 0.3) is 0 Å². The molecule has 0 saturated heterocycles. The van der Waals surface area contributed by atoms with Gasteiger partial charge in [-0.3, -0.25) is 4.79 Å². The van der Waals surface area contributed by atoms with Crippen LogP contribution in [0.4, 0.5) is 0 Å². The van der Waals surface area contributed by atoms with Gasteiger partial charge >= 0.3 is 0 Å². The molecule has 0 saturated carbocycles. The monoisotopic (exact) mass is 369 g/mol. The minimum Gasteiger partial charge on any atom is -0.345 e. The van der Waals surface area contributed by atoms with Crippen LogP contribution in [0.25, 0.3) is 0 Å². The van der Waals surface area contributed by atoms with E-state index in [1.807, 2.05) is 54.6 Å². The number of amides is 1. The maximum absolute atomic E-state index is 12.5. The van der Waals surface area contributed by atoms with Crippen LogP contribution < -0.4 is 5.32 Å². The van der Waals surface area contributed by atoms with Crippen LogP contribution in [0.15, 0.2) is 59.1 Å². The van der Waals surface area contributed by atoms with E-state index in [0.29, 0.717) is 36.0 Å². The van der Waals surface area contributed by atoms with Gasteiger partial charge in [-0.15, -0.1) is 0 Å². The third-order valence-electron chi connectivity index (χ3n) is 3.98. The molecule has 3 rings (SSSR count). The second kappa shape index (κ2) is 8.63. The number of benzene rings is 2. The van der Waals surface area contributed by atoms with E-state index in [1.165, 1.54) is 0 Å². The van der Waals surface area contributed by atoms with E-state index in [0.717, 1.165) is 11.1 Å². The largest absolute Gasteiger partial charge is 0.345 e. The van der Waals surface area contributed by atoms with Gasteiger partial charge in [0.2, 0.25) is 11.8 Å². The molecule has 0 radical (unpaired) electrons. The highest BCUT2D eigenvalue weighted by molar-refractivity contribution is 6.30. The summed E-state index contributed by atoms with van der Waals surface area (Å²) in [4.78, 5) is 16.6.